The largest absolute Gasteiger partial charge is 0.469 e. The fraction of sp³-hybridized carbons (Fsp3) is 0.286. The van der Waals surface area contributed by atoms with Gasteiger partial charge in [-0.2, -0.15) is 0 Å². The maximum absolute atomic E-state index is 5.37. The Morgan fingerprint density at radius 1 is 1.19 bits per heavy atom. The van der Waals surface area contributed by atoms with Crippen molar-refractivity contribution in [1.82, 2.24) is 5.32 Å². The molecule has 2 rings (SSSR count). The van der Waals surface area contributed by atoms with Crippen LogP contribution >= 0.6 is 0 Å². The first-order valence-corrected chi connectivity index (χ1v) is 5.65. The van der Waals surface area contributed by atoms with Crippen LogP contribution in [0.15, 0.2) is 47.1 Å². The molecule has 0 saturated carbocycles. The number of rotatable bonds is 4. The lowest BCUT2D eigenvalue weighted by molar-refractivity contribution is 0.520. The molecule has 1 aromatic heterocycles. The third-order valence-corrected chi connectivity index (χ3v) is 2.75. The van der Waals surface area contributed by atoms with Crippen LogP contribution in [0.3, 0.4) is 0 Å². The van der Waals surface area contributed by atoms with Crippen molar-refractivity contribution in [3.63, 3.8) is 0 Å². The highest BCUT2D eigenvalue weighted by molar-refractivity contribution is 5.32. The molecule has 2 aromatic rings. The van der Waals surface area contributed by atoms with Gasteiger partial charge in [0, 0.05) is 5.56 Å². The molecule has 1 aromatic carbocycles. The average Bonchev–Trinajstić information content (AvgIpc) is 2.73. The van der Waals surface area contributed by atoms with E-state index in [0.717, 1.165) is 12.3 Å². The lowest BCUT2D eigenvalue weighted by Gasteiger charge is -2.17. The molecule has 2 nitrogen and oxygen atoms in total. The molecule has 1 unspecified atom stereocenters. The number of furan rings is 1. The number of hydrogen-bond donors (Lipinski definition) is 1. The van der Waals surface area contributed by atoms with E-state index in [2.05, 4.69) is 36.5 Å². The summed E-state index contributed by atoms with van der Waals surface area (Å²) in [5.74, 6) is 0.981. The zero-order chi connectivity index (χ0) is 11.4. The summed E-state index contributed by atoms with van der Waals surface area (Å²) in [6, 6.07) is 12.7. The number of benzene rings is 1. The highest BCUT2D eigenvalue weighted by atomic mass is 16.3. The molecule has 1 heterocycles. The Hall–Kier alpha value is -1.54. The van der Waals surface area contributed by atoms with Gasteiger partial charge in [-0.25, -0.2) is 0 Å². The van der Waals surface area contributed by atoms with Gasteiger partial charge in [0.2, 0.25) is 0 Å². The Morgan fingerprint density at radius 3 is 2.50 bits per heavy atom. The Kier molecular flexibility index (Phi) is 3.42. The van der Waals surface area contributed by atoms with Gasteiger partial charge in [-0.05, 0) is 25.1 Å². The zero-order valence-electron chi connectivity index (χ0n) is 9.73. The molecule has 0 saturated heterocycles. The van der Waals surface area contributed by atoms with Crippen molar-refractivity contribution in [3.05, 3.63) is 59.5 Å². The van der Waals surface area contributed by atoms with E-state index in [9.17, 15) is 0 Å². The van der Waals surface area contributed by atoms with E-state index >= 15 is 0 Å². The van der Waals surface area contributed by atoms with Crippen molar-refractivity contribution in [2.75, 3.05) is 6.54 Å². The number of hydrogen-bond acceptors (Lipinski definition) is 2. The van der Waals surface area contributed by atoms with Gasteiger partial charge in [-0.15, -0.1) is 0 Å². The van der Waals surface area contributed by atoms with Gasteiger partial charge in [0.25, 0.3) is 0 Å². The van der Waals surface area contributed by atoms with E-state index < -0.39 is 0 Å². The van der Waals surface area contributed by atoms with Crippen molar-refractivity contribution in [2.24, 2.45) is 0 Å². The van der Waals surface area contributed by atoms with Gasteiger partial charge in [-0.3, -0.25) is 0 Å². The van der Waals surface area contributed by atoms with Crippen LogP contribution < -0.4 is 5.32 Å². The molecule has 0 aliphatic heterocycles. The van der Waals surface area contributed by atoms with Crippen molar-refractivity contribution in [3.8, 4) is 0 Å². The van der Waals surface area contributed by atoms with E-state index in [1.165, 1.54) is 11.1 Å². The highest BCUT2D eigenvalue weighted by Gasteiger charge is 2.16. The number of nitrogens with one attached hydrogen (secondary N) is 1. The van der Waals surface area contributed by atoms with Crippen molar-refractivity contribution < 1.29 is 4.42 Å². The predicted octanol–water partition coefficient (Wildman–Crippen LogP) is 3.29. The van der Waals surface area contributed by atoms with Crippen LogP contribution in [-0.4, -0.2) is 6.54 Å². The zero-order valence-corrected chi connectivity index (χ0v) is 9.73. The lowest BCUT2D eigenvalue weighted by Crippen LogP contribution is -2.22. The van der Waals surface area contributed by atoms with Crippen LogP contribution in [0.1, 0.15) is 29.9 Å². The van der Waals surface area contributed by atoms with Crippen molar-refractivity contribution >= 4 is 0 Å². The van der Waals surface area contributed by atoms with Crippen molar-refractivity contribution in [2.45, 2.75) is 19.9 Å². The van der Waals surface area contributed by atoms with Crippen LogP contribution in [0.4, 0.5) is 0 Å². The molecule has 0 amide bonds. The van der Waals surface area contributed by atoms with Gasteiger partial charge >= 0.3 is 0 Å². The average molecular weight is 215 g/mol. The van der Waals surface area contributed by atoms with Gasteiger partial charge in [0.05, 0.1) is 12.3 Å². The molecular formula is C14H17NO. The molecule has 84 valence electrons. The summed E-state index contributed by atoms with van der Waals surface area (Å²) in [4.78, 5) is 0. The molecule has 16 heavy (non-hydrogen) atoms. The summed E-state index contributed by atoms with van der Waals surface area (Å²) in [5, 5.41) is 3.48. The quantitative estimate of drug-likeness (QED) is 0.846. The van der Waals surface area contributed by atoms with Crippen molar-refractivity contribution in [1.29, 1.82) is 0 Å². The third kappa shape index (κ3) is 2.17. The fourth-order valence-corrected chi connectivity index (χ4v) is 1.95. The molecular weight excluding hydrogens is 198 g/mol. The van der Waals surface area contributed by atoms with E-state index in [-0.39, 0.29) is 6.04 Å². The van der Waals surface area contributed by atoms with Gasteiger partial charge < -0.3 is 9.73 Å². The minimum absolute atomic E-state index is 0.227. The second-order valence-electron chi connectivity index (χ2n) is 3.83. The topological polar surface area (TPSA) is 25.2 Å². The van der Waals surface area contributed by atoms with Crippen LogP contribution in [0.25, 0.3) is 0 Å². The Morgan fingerprint density at radius 2 is 1.94 bits per heavy atom. The number of aryl methyl sites for hydroxylation is 1. The minimum atomic E-state index is 0.227. The summed E-state index contributed by atoms with van der Waals surface area (Å²) in [5.41, 5.74) is 2.49. The summed E-state index contributed by atoms with van der Waals surface area (Å²) < 4.78 is 5.37. The van der Waals surface area contributed by atoms with E-state index in [1.807, 2.05) is 19.1 Å². The highest BCUT2D eigenvalue weighted by Crippen LogP contribution is 2.25. The molecule has 0 aliphatic carbocycles. The Labute approximate surface area is 96.3 Å². The second-order valence-corrected chi connectivity index (χ2v) is 3.83. The molecule has 0 bridgehead atoms. The first-order valence-electron chi connectivity index (χ1n) is 5.65. The van der Waals surface area contributed by atoms with E-state index in [0.29, 0.717) is 0 Å². The summed E-state index contributed by atoms with van der Waals surface area (Å²) in [6.07, 6.45) is 1.75. The minimum Gasteiger partial charge on any atom is -0.469 e. The standard InChI is InChI=1S/C14H17NO/c1-3-15-14(12-7-5-4-6-8-12)13-9-10-16-11(13)2/h4-10,14-15H,3H2,1-2H3. The summed E-state index contributed by atoms with van der Waals surface area (Å²) in [7, 11) is 0. The van der Waals surface area contributed by atoms with Crippen LogP contribution in [0, 0.1) is 6.92 Å². The van der Waals surface area contributed by atoms with Crippen LogP contribution in [0.5, 0.6) is 0 Å². The maximum Gasteiger partial charge on any atom is 0.105 e. The van der Waals surface area contributed by atoms with Crippen LogP contribution in [-0.2, 0) is 0 Å². The lowest BCUT2D eigenvalue weighted by atomic mass is 9.99. The summed E-state index contributed by atoms with van der Waals surface area (Å²) >= 11 is 0. The smallest absolute Gasteiger partial charge is 0.105 e. The second kappa shape index (κ2) is 4.99. The Bertz CT molecular complexity index is 433. The van der Waals surface area contributed by atoms with Gasteiger partial charge in [0.15, 0.2) is 0 Å². The first-order chi connectivity index (χ1) is 7.83. The third-order valence-electron chi connectivity index (χ3n) is 2.75. The molecule has 1 atom stereocenters. The van der Waals surface area contributed by atoms with Gasteiger partial charge in [0.1, 0.15) is 5.76 Å². The van der Waals surface area contributed by atoms with E-state index in [4.69, 9.17) is 4.42 Å². The predicted molar refractivity (Wildman–Crippen MR) is 65.4 cm³/mol. The van der Waals surface area contributed by atoms with Gasteiger partial charge in [-0.1, -0.05) is 37.3 Å². The normalized spacial score (nSPS) is 12.6. The molecule has 2 heteroatoms. The SMILES string of the molecule is CCNC(c1ccccc1)c1ccoc1C. The summed E-state index contributed by atoms with van der Waals surface area (Å²) in [6.45, 7) is 5.05. The monoisotopic (exact) mass is 215 g/mol. The van der Waals surface area contributed by atoms with Crippen LogP contribution in [0.2, 0.25) is 0 Å². The Balaban J connectivity index is 2.35. The molecule has 0 fully saturated rings. The van der Waals surface area contributed by atoms with E-state index in [1.54, 1.807) is 6.26 Å². The molecule has 0 spiro atoms. The first kappa shape index (κ1) is 11.0. The molecule has 0 radical (unpaired) electrons. The molecule has 1 N–H and O–H groups in total. The maximum atomic E-state index is 5.37. The molecule has 0 aliphatic rings. The fourth-order valence-electron chi connectivity index (χ4n) is 1.95.